The van der Waals surface area contributed by atoms with Crippen molar-refractivity contribution in [1.29, 1.82) is 0 Å². The van der Waals surface area contributed by atoms with Gasteiger partial charge in [0.25, 0.3) is 11.8 Å². The van der Waals surface area contributed by atoms with Crippen LogP contribution in [0.15, 0.2) is 42.9 Å². The fraction of sp³-hybridized carbons (Fsp3) is 0.333. The van der Waals surface area contributed by atoms with Crippen molar-refractivity contribution in [3.8, 4) is 0 Å². The van der Waals surface area contributed by atoms with Gasteiger partial charge in [0.05, 0.1) is 0 Å². The van der Waals surface area contributed by atoms with E-state index in [0.717, 1.165) is 37.9 Å². The summed E-state index contributed by atoms with van der Waals surface area (Å²) in [5.41, 5.74) is 1.68. The third-order valence-electron chi connectivity index (χ3n) is 4.06. The van der Waals surface area contributed by atoms with E-state index in [0.29, 0.717) is 17.8 Å². The highest BCUT2D eigenvalue weighted by molar-refractivity contribution is 5.98. The number of rotatable bonds is 4. The van der Waals surface area contributed by atoms with E-state index < -0.39 is 0 Å². The van der Waals surface area contributed by atoms with E-state index in [2.05, 4.69) is 15.3 Å². The number of carbonyl (C=O) groups excluding carboxylic acids is 2. The number of nitrogens with one attached hydrogen (secondary N) is 1. The summed E-state index contributed by atoms with van der Waals surface area (Å²) in [6.07, 6.45) is 8.11. The number of piperidine rings is 1. The van der Waals surface area contributed by atoms with Crippen LogP contribution in [-0.4, -0.2) is 39.8 Å². The van der Waals surface area contributed by atoms with Gasteiger partial charge in [-0.3, -0.25) is 19.6 Å². The minimum atomic E-state index is -0.228. The first-order valence-electron chi connectivity index (χ1n) is 8.16. The van der Waals surface area contributed by atoms with Gasteiger partial charge in [0.2, 0.25) is 0 Å². The maximum atomic E-state index is 12.5. The van der Waals surface area contributed by atoms with Crippen LogP contribution in [0.25, 0.3) is 0 Å². The average molecular weight is 324 g/mol. The van der Waals surface area contributed by atoms with Gasteiger partial charge in [-0.2, -0.15) is 0 Å². The van der Waals surface area contributed by atoms with Crippen LogP contribution in [-0.2, 0) is 6.54 Å². The van der Waals surface area contributed by atoms with Crippen LogP contribution >= 0.6 is 0 Å². The van der Waals surface area contributed by atoms with E-state index in [1.165, 1.54) is 6.20 Å². The molecular formula is C18H20N4O2. The Morgan fingerprint density at radius 2 is 1.96 bits per heavy atom. The van der Waals surface area contributed by atoms with Gasteiger partial charge in [-0.1, -0.05) is 6.07 Å². The van der Waals surface area contributed by atoms with Crippen LogP contribution in [0.5, 0.6) is 0 Å². The lowest BCUT2D eigenvalue weighted by molar-refractivity contribution is 0.0718. The Morgan fingerprint density at radius 1 is 1.12 bits per heavy atom. The molecule has 6 heteroatoms. The Kier molecular flexibility index (Phi) is 5.15. The minimum absolute atomic E-state index is 0.100. The maximum absolute atomic E-state index is 12.5. The lowest BCUT2D eigenvalue weighted by Gasteiger charge is -2.26. The Morgan fingerprint density at radius 3 is 2.71 bits per heavy atom. The van der Waals surface area contributed by atoms with Gasteiger partial charge in [-0.25, -0.2) is 0 Å². The van der Waals surface area contributed by atoms with Crippen LogP contribution in [0.1, 0.15) is 45.7 Å². The minimum Gasteiger partial charge on any atom is -0.348 e. The molecule has 0 saturated carbocycles. The molecule has 24 heavy (non-hydrogen) atoms. The Labute approximate surface area is 140 Å². The van der Waals surface area contributed by atoms with Gasteiger partial charge in [0.1, 0.15) is 5.69 Å². The number of amides is 2. The molecule has 0 bridgehead atoms. The summed E-state index contributed by atoms with van der Waals surface area (Å²) in [6, 6.07) is 6.90. The number of hydrogen-bond acceptors (Lipinski definition) is 4. The second-order valence-corrected chi connectivity index (χ2v) is 5.83. The van der Waals surface area contributed by atoms with Crippen molar-refractivity contribution < 1.29 is 9.59 Å². The van der Waals surface area contributed by atoms with Crippen LogP contribution in [0.3, 0.4) is 0 Å². The lowest BCUT2D eigenvalue weighted by atomic mass is 10.1. The monoisotopic (exact) mass is 324 g/mol. The van der Waals surface area contributed by atoms with Crippen LogP contribution in [0, 0.1) is 0 Å². The molecule has 6 nitrogen and oxygen atoms in total. The fourth-order valence-electron chi connectivity index (χ4n) is 2.73. The molecule has 2 aromatic heterocycles. The van der Waals surface area contributed by atoms with Crippen molar-refractivity contribution in [3.63, 3.8) is 0 Å². The van der Waals surface area contributed by atoms with Gasteiger partial charge in [0, 0.05) is 43.8 Å². The topological polar surface area (TPSA) is 75.2 Å². The maximum Gasteiger partial charge on any atom is 0.272 e. The van der Waals surface area contributed by atoms with Gasteiger partial charge in [-0.05, 0) is 43.0 Å². The first kappa shape index (κ1) is 16.1. The van der Waals surface area contributed by atoms with E-state index in [1.54, 1.807) is 24.5 Å². The highest BCUT2D eigenvalue weighted by Gasteiger charge is 2.20. The number of carbonyl (C=O) groups is 2. The van der Waals surface area contributed by atoms with Crippen molar-refractivity contribution in [2.45, 2.75) is 25.8 Å². The molecule has 0 aliphatic carbocycles. The van der Waals surface area contributed by atoms with Crippen molar-refractivity contribution in [2.24, 2.45) is 0 Å². The highest BCUT2D eigenvalue weighted by atomic mass is 16.2. The standard InChI is InChI=1S/C18H20N4O2/c23-17(21-13-14-5-4-7-19-12-14)15-6-8-20-16(11-15)18(24)22-9-2-1-3-10-22/h4-8,11-12H,1-3,9-10,13H2,(H,21,23). The zero-order chi connectivity index (χ0) is 16.8. The predicted octanol–water partition coefficient (Wildman–Crippen LogP) is 2.03. The molecule has 0 spiro atoms. The predicted molar refractivity (Wildman–Crippen MR) is 89.4 cm³/mol. The molecule has 1 N–H and O–H groups in total. The number of hydrogen-bond donors (Lipinski definition) is 1. The third-order valence-corrected chi connectivity index (χ3v) is 4.06. The second-order valence-electron chi connectivity index (χ2n) is 5.83. The van der Waals surface area contributed by atoms with E-state index in [1.807, 2.05) is 17.0 Å². The van der Waals surface area contributed by atoms with Crippen molar-refractivity contribution in [2.75, 3.05) is 13.1 Å². The quantitative estimate of drug-likeness (QED) is 0.934. The zero-order valence-electron chi connectivity index (χ0n) is 13.4. The second kappa shape index (κ2) is 7.68. The highest BCUT2D eigenvalue weighted by Crippen LogP contribution is 2.13. The van der Waals surface area contributed by atoms with Gasteiger partial charge >= 0.3 is 0 Å². The van der Waals surface area contributed by atoms with E-state index in [4.69, 9.17) is 0 Å². The summed E-state index contributed by atoms with van der Waals surface area (Å²) < 4.78 is 0. The number of nitrogens with zero attached hydrogens (tertiary/aromatic N) is 3. The van der Waals surface area contributed by atoms with Crippen molar-refractivity contribution in [3.05, 3.63) is 59.7 Å². The molecule has 0 aromatic carbocycles. The molecule has 1 aliphatic heterocycles. The molecule has 0 radical (unpaired) electrons. The normalized spacial score (nSPS) is 14.2. The Balaban J connectivity index is 1.65. The Bertz CT molecular complexity index is 712. The van der Waals surface area contributed by atoms with Gasteiger partial charge < -0.3 is 10.2 Å². The van der Waals surface area contributed by atoms with Crippen molar-refractivity contribution >= 4 is 11.8 Å². The largest absolute Gasteiger partial charge is 0.348 e. The van der Waals surface area contributed by atoms with E-state index in [9.17, 15) is 9.59 Å². The smallest absolute Gasteiger partial charge is 0.272 e. The molecule has 0 atom stereocenters. The van der Waals surface area contributed by atoms with Gasteiger partial charge in [-0.15, -0.1) is 0 Å². The first-order valence-corrected chi connectivity index (χ1v) is 8.16. The van der Waals surface area contributed by atoms with E-state index in [-0.39, 0.29) is 11.8 Å². The summed E-state index contributed by atoms with van der Waals surface area (Å²) in [5.74, 6) is -0.328. The van der Waals surface area contributed by atoms with E-state index >= 15 is 0 Å². The average Bonchev–Trinajstić information content (AvgIpc) is 2.67. The SMILES string of the molecule is O=C(NCc1cccnc1)c1ccnc(C(=O)N2CCCCC2)c1. The molecule has 3 heterocycles. The summed E-state index contributed by atoms with van der Waals surface area (Å²) in [5, 5.41) is 2.83. The van der Waals surface area contributed by atoms with Crippen molar-refractivity contribution in [1.82, 2.24) is 20.2 Å². The summed E-state index contributed by atoms with van der Waals surface area (Å²) in [6.45, 7) is 1.92. The molecule has 1 saturated heterocycles. The summed E-state index contributed by atoms with van der Waals surface area (Å²) in [7, 11) is 0. The zero-order valence-corrected chi connectivity index (χ0v) is 13.4. The van der Waals surface area contributed by atoms with Crippen LogP contribution in [0.4, 0.5) is 0 Å². The number of likely N-dealkylation sites (tertiary alicyclic amines) is 1. The lowest BCUT2D eigenvalue weighted by Crippen LogP contribution is -2.36. The molecule has 3 rings (SSSR count). The third kappa shape index (κ3) is 3.95. The molecule has 2 aromatic rings. The number of aromatic nitrogens is 2. The van der Waals surface area contributed by atoms with Crippen LogP contribution < -0.4 is 5.32 Å². The Hall–Kier alpha value is -2.76. The molecule has 124 valence electrons. The summed E-state index contributed by atoms with van der Waals surface area (Å²) in [4.78, 5) is 34.7. The molecular weight excluding hydrogens is 304 g/mol. The fourth-order valence-corrected chi connectivity index (χ4v) is 2.73. The molecule has 1 fully saturated rings. The first-order chi connectivity index (χ1) is 11.7. The molecule has 0 unspecified atom stereocenters. The number of pyridine rings is 2. The van der Waals surface area contributed by atoms with Gasteiger partial charge in [0.15, 0.2) is 0 Å². The molecule has 1 aliphatic rings. The summed E-state index contributed by atoms with van der Waals surface area (Å²) >= 11 is 0. The van der Waals surface area contributed by atoms with Crippen LogP contribution in [0.2, 0.25) is 0 Å². The molecule has 2 amide bonds.